The summed E-state index contributed by atoms with van der Waals surface area (Å²) in [6.07, 6.45) is 1.73. The molecule has 0 atom stereocenters. The smallest absolute Gasteiger partial charge is 0.410 e. The lowest BCUT2D eigenvalue weighted by Crippen LogP contribution is -2.37. The Morgan fingerprint density at radius 3 is 2.90 bits per heavy atom. The normalized spacial score (nSPS) is 13.7. The zero-order valence-corrected chi connectivity index (χ0v) is 12.1. The largest absolute Gasteiger partial charge is 0.445 e. The molecule has 0 radical (unpaired) electrons. The number of nitrogens with zero attached hydrogens (tertiary/aromatic N) is 3. The van der Waals surface area contributed by atoms with Gasteiger partial charge in [0.05, 0.1) is 12.2 Å². The fourth-order valence-electron chi connectivity index (χ4n) is 2.28. The topological polar surface area (TPSA) is 55.3 Å². The van der Waals surface area contributed by atoms with Gasteiger partial charge in [0, 0.05) is 12.1 Å². The third kappa shape index (κ3) is 3.13. The second-order valence-electron chi connectivity index (χ2n) is 4.80. The Balaban J connectivity index is 1.62. The summed E-state index contributed by atoms with van der Waals surface area (Å²) in [6, 6.07) is 9.60. The maximum Gasteiger partial charge on any atom is 0.410 e. The number of carbonyl (C=O) groups excluding carboxylic acids is 1. The Morgan fingerprint density at radius 2 is 2.10 bits per heavy atom. The molecule has 0 saturated carbocycles. The summed E-state index contributed by atoms with van der Waals surface area (Å²) >= 11 is 6.02. The van der Waals surface area contributed by atoms with E-state index in [9.17, 15) is 4.79 Å². The molecular formula is C15H14ClN3O2. The van der Waals surface area contributed by atoms with Crippen molar-refractivity contribution in [3.8, 4) is 0 Å². The lowest BCUT2D eigenvalue weighted by atomic mass is 10.1. The SMILES string of the molecule is O=C(OCc1ccccc1)N1CCc2c(Cl)ncnc2C1. The van der Waals surface area contributed by atoms with Crippen LogP contribution in [0.15, 0.2) is 36.7 Å². The van der Waals surface area contributed by atoms with Crippen molar-refractivity contribution in [1.82, 2.24) is 14.9 Å². The molecule has 6 heteroatoms. The minimum absolute atomic E-state index is 0.271. The molecule has 1 aromatic carbocycles. The molecule has 1 amide bonds. The summed E-state index contributed by atoms with van der Waals surface area (Å²) in [5, 5.41) is 0.470. The van der Waals surface area contributed by atoms with E-state index in [-0.39, 0.29) is 12.7 Å². The van der Waals surface area contributed by atoms with Gasteiger partial charge in [0.2, 0.25) is 0 Å². The van der Waals surface area contributed by atoms with E-state index in [0.29, 0.717) is 24.7 Å². The summed E-state index contributed by atoms with van der Waals surface area (Å²) in [6.45, 7) is 1.24. The number of hydrogen-bond acceptors (Lipinski definition) is 4. The summed E-state index contributed by atoms with van der Waals surface area (Å²) in [5.41, 5.74) is 2.68. The molecule has 0 aliphatic carbocycles. The third-order valence-electron chi connectivity index (χ3n) is 3.42. The molecule has 2 aromatic rings. The van der Waals surface area contributed by atoms with Crippen molar-refractivity contribution in [3.05, 3.63) is 58.6 Å². The summed E-state index contributed by atoms with van der Waals surface area (Å²) in [5.74, 6) is 0. The molecular weight excluding hydrogens is 290 g/mol. The second-order valence-corrected chi connectivity index (χ2v) is 5.16. The van der Waals surface area contributed by atoms with Crippen molar-refractivity contribution in [2.24, 2.45) is 0 Å². The average molecular weight is 304 g/mol. The van der Waals surface area contributed by atoms with Crippen LogP contribution in [0.3, 0.4) is 0 Å². The zero-order chi connectivity index (χ0) is 14.7. The highest BCUT2D eigenvalue weighted by Crippen LogP contribution is 2.22. The van der Waals surface area contributed by atoms with Gasteiger partial charge in [-0.1, -0.05) is 41.9 Å². The first-order valence-corrected chi connectivity index (χ1v) is 7.05. The molecule has 1 aromatic heterocycles. The molecule has 0 saturated heterocycles. The molecule has 21 heavy (non-hydrogen) atoms. The Morgan fingerprint density at radius 1 is 1.29 bits per heavy atom. The Bertz CT molecular complexity index is 649. The molecule has 1 aliphatic rings. The molecule has 0 bridgehead atoms. The number of aromatic nitrogens is 2. The monoisotopic (exact) mass is 303 g/mol. The van der Waals surface area contributed by atoms with Crippen molar-refractivity contribution in [2.75, 3.05) is 6.54 Å². The van der Waals surface area contributed by atoms with E-state index in [1.807, 2.05) is 30.3 Å². The number of benzene rings is 1. The van der Waals surface area contributed by atoms with Crippen LogP contribution in [0.1, 0.15) is 16.8 Å². The molecule has 3 rings (SSSR count). The van der Waals surface area contributed by atoms with E-state index in [1.165, 1.54) is 6.33 Å². The van der Waals surface area contributed by atoms with E-state index in [0.717, 1.165) is 16.8 Å². The molecule has 5 nitrogen and oxygen atoms in total. The number of rotatable bonds is 2. The van der Waals surface area contributed by atoms with Crippen molar-refractivity contribution in [3.63, 3.8) is 0 Å². The number of halogens is 1. The van der Waals surface area contributed by atoms with Crippen LogP contribution in [-0.2, 0) is 24.3 Å². The zero-order valence-electron chi connectivity index (χ0n) is 11.3. The number of ether oxygens (including phenoxy) is 1. The number of carbonyl (C=O) groups is 1. The van der Waals surface area contributed by atoms with Gasteiger partial charge in [0.15, 0.2) is 0 Å². The van der Waals surface area contributed by atoms with Gasteiger partial charge in [0.1, 0.15) is 18.1 Å². The first kappa shape index (κ1) is 13.8. The predicted molar refractivity (Wildman–Crippen MR) is 77.8 cm³/mol. The molecule has 0 unspecified atom stereocenters. The summed E-state index contributed by atoms with van der Waals surface area (Å²) in [7, 11) is 0. The fourth-order valence-corrected chi connectivity index (χ4v) is 2.53. The van der Waals surface area contributed by atoms with Crippen LogP contribution in [0.2, 0.25) is 5.15 Å². The second kappa shape index (κ2) is 6.10. The number of fused-ring (bicyclic) bond motifs is 1. The highest BCUT2D eigenvalue weighted by atomic mass is 35.5. The van der Waals surface area contributed by atoms with E-state index < -0.39 is 0 Å². The maximum absolute atomic E-state index is 12.1. The van der Waals surface area contributed by atoms with Crippen LogP contribution in [-0.4, -0.2) is 27.5 Å². The Kier molecular flexibility index (Phi) is 4.01. The van der Waals surface area contributed by atoms with Crippen LogP contribution in [0, 0.1) is 0 Å². The van der Waals surface area contributed by atoms with Gasteiger partial charge in [0.25, 0.3) is 0 Å². The van der Waals surface area contributed by atoms with Gasteiger partial charge < -0.3 is 9.64 Å². The lowest BCUT2D eigenvalue weighted by molar-refractivity contribution is 0.0912. The first-order valence-electron chi connectivity index (χ1n) is 6.68. The fraction of sp³-hybridized carbons (Fsp3) is 0.267. The van der Waals surface area contributed by atoms with E-state index in [4.69, 9.17) is 16.3 Å². The molecule has 0 fully saturated rings. The maximum atomic E-state index is 12.1. The van der Waals surface area contributed by atoms with Gasteiger partial charge in [-0.05, 0) is 12.0 Å². The lowest BCUT2D eigenvalue weighted by Gasteiger charge is -2.27. The van der Waals surface area contributed by atoms with Crippen LogP contribution < -0.4 is 0 Å². The van der Waals surface area contributed by atoms with Gasteiger partial charge in [-0.25, -0.2) is 14.8 Å². The van der Waals surface area contributed by atoms with Crippen molar-refractivity contribution in [1.29, 1.82) is 0 Å². The van der Waals surface area contributed by atoms with Crippen molar-refractivity contribution >= 4 is 17.7 Å². The summed E-state index contributed by atoms with van der Waals surface area (Å²) in [4.78, 5) is 21.9. The Labute approximate surface area is 127 Å². The number of amides is 1. The molecule has 108 valence electrons. The Hall–Kier alpha value is -2.14. The van der Waals surface area contributed by atoms with Gasteiger partial charge in [-0.2, -0.15) is 0 Å². The highest BCUT2D eigenvalue weighted by Gasteiger charge is 2.24. The third-order valence-corrected chi connectivity index (χ3v) is 3.74. The molecule has 0 spiro atoms. The predicted octanol–water partition coefficient (Wildman–Crippen LogP) is 2.82. The number of hydrogen-bond donors (Lipinski definition) is 0. The molecule has 1 aliphatic heterocycles. The van der Waals surface area contributed by atoms with Crippen LogP contribution >= 0.6 is 11.6 Å². The van der Waals surface area contributed by atoms with E-state index >= 15 is 0 Å². The summed E-state index contributed by atoms with van der Waals surface area (Å²) < 4.78 is 5.32. The van der Waals surface area contributed by atoms with Crippen LogP contribution in [0.4, 0.5) is 4.79 Å². The quantitative estimate of drug-likeness (QED) is 0.801. The van der Waals surface area contributed by atoms with Gasteiger partial charge >= 0.3 is 6.09 Å². The van der Waals surface area contributed by atoms with Crippen molar-refractivity contribution in [2.45, 2.75) is 19.6 Å². The highest BCUT2D eigenvalue weighted by molar-refractivity contribution is 6.30. The minimum Gasteiger partial charge on any atom is -0.445 e. The van der Waals surface area contributed by atoms with Crippen LogP contribution in [0.25, 0.3) is 0 Å². The molecule has 2 heterocycles. The van der Waals surface area contributed by atoms with Crippen molar-refractivity contribution < 1.29 is 9.53 Å². The van der Waals surface area contributed by atoms with Gasteiger partial charge in [-0.15, -0.1) is 0 Å². The van der Waals surface area contributed by atoms with E-state index in [1.54, 1.807) is 4.90 Å². The van der Waals surface area contributed by atoms with Gasteiger partial charge in [-0.3, -0.25) is 0 Å². The van der Waals surface area contributed by atoms with E-state index in [2.05, 4.69) is 9.97 Å². The van der Waals surface area contributed by atoms with Crippen LogP contribution in [0.5, 0.6) is 0 Å². The first-order chi connectivity index (χ1) is 10.2. The average Bonchev–Trinajstić information content (AvgIpc) is 2.53. The minimum atomic E-state index is -0.334. The molecule has 0 N–H and O–H groups in total. The standard InChI is InChI=1S/C15H14ClN3O2/c16-14-12-6-7-19(8-13(12)17-10-18-14)15(20)21-9-11-4-2-1-3-5-11/h1-5,10H,6-9H2.